The van der Waals surface area contributed by atoms with E-state index in [1.807, 2.05) is 4.90 Å². The van der Waals surface area contributed by atoms with Crippen LogP contribution in [0.25, 0.3) is 0 Å². The van der Waals surface area contributed by atoms with E-state index in [2.05, 4.69) is 21.2 Å². The fourth-order valence-electron chi connectivity index (χ4n) is 2.90. The van der Waals surface area contributed by atoms with E-state index in [1.54, 1.807) is 17.0 Å². The van der Waals surface area contributed by atoms with Gasteiger partial charge in [0.2, 0.25) is 5.91 Å². The predicted octanol–water partition coefficient (Wildman–Crippen LogP) is 3.11. The highest BCUT2D eigenvalue weighted by molar-refractivity contribution is 9.10. The Hall–Kier alpha value is -2.26. The number of rotatable bonds is 4. The molecule has 6 nitrogen and oxygen atoms in total. The number of hydrogen-bond donors (Lipinski definition) is 1. The standard InChI is InChI=1S/C18H18BrF2N3O3/c19-16-5-4-15(27-16)18(26)24-7-1-6-23(8-9-24)11-17(25)22-14-3-2-12(20)10-13(14)21/h2-5,10H,1,6-9,11H2,(H,22,25). The maximum absolute atomic E-state index is 13.6. The molecular formula is C18H18BrF2N3O3. The van der Waals surface area contributed by atoms with Crippen molar-refractivity contribution in [1.82, 2.24) is 9.80 Å². The Morgan fingerprint density at radius 2 is 1.93 bits per heavy atom. The summed E-state index contributed by atoms with van der Waals surface area (Å²) in [6, 6.07) is 6.27. The number of amides is 2. The quantitative estimate of drug-likeness (QED) is 0.791. The molecule has 0 atom stereocenters. The van der Waals surface area contributed by atoms with Crippen LogP contribution in [0.2, 0.25) is 0 Å². The molecular weight excluding hydrogens is 424 g/mol. The third kappa shape index (κ3) is 5.14. The molecule has 0 bridgehead atoms. The summed E-state index contributed by atoms with van der Waals surface area (Å²) in [6.07, 6.45) is 0.700. The molecule has 2 heterocycles. The van der Waals surface area contributed by atoms with Gasteiger partial charge in [0.05, 0.1) is 12.2 Å². The van der Waals surface area contributed by atoms with Gasteiger partial charge >= 0.3 is 0 Å². The summed E-state index contributed by atoms with van der Waals surface area (Å²) in [7, 11) is 0. The van der Waals surface area contributed by atoms with Crippen LogP contribution in [0.5, 0.6) is 0 Å². The SMILES string of the molecule is O=C(CN1CCCN(C(=O)c2ccc(Br)o2)CC1)Nc1ccc(F)cc1F. The molecule has 1 aliphatic rings. The van der Waals surface area contributed by atoms with E-state index >= 15 is 0 Å². The first-order chi connectivity index (χ1) is 12.9. The second-order valence-corrected chi connectivity index (χ2v) is 6.98. The number of nitrogens with zero attached hydrogens (tertiary/aromatic N) is 2. The normalized spacial score (nSPS) is 15.4. The average Bonchev–Trinajstić information content (AvgIpc) is 2.92. The molecule has 0 aliphatic carbocycles. The summed E-state index contributed by atoms with van der Waals surface area (Å²) in [5.74, 6) is -1.84. The minimum absolute atomic E-state index is 0.0589. The van der Waals surface area contributed by atoms with Crippen molar-refractivity contribution in [3.05, 3.63) is 52.4 Å². The Morgan fingerprint density at radius 1 is 1.11 bits per heavy atom. The fourth-order valence-corrected chi connectivity index (χ4v) is 3.21. The Bertz CT molecular complexity index is 843. The van der Waals surface area contributed by atoms with E-state index in [4.69, 9.17) is 4.42 Å². The molecule has 0 spiro atoms. The van der Waals surface area contributed by atoms with Crippen molar-refractivity contribution in [2.75, 3.05) is 38.0 Å². The summed E-state index contributed by atoms with van der Waals surface area (Å²) in [4.78, 5) is 28.2. The molecule has 1 aromatic carbocycles. The lowest BCUT2D eigenvalue weighted by atomic mass is 10.3. The summed E-state index contributed by atoms with van der Waals surface area (Å²) in [5.41, 5.74) is -0.0589. The average molecular weight is 442 g/mol. The van der Waals surface area contributed by atoms with Crippen molar-refractivity contribution in [3.8, 4) is 0 Å². The number of halogens is 3. The van der Waals surface area contributed by atoms with Crippen molar-refractivity contribution in [1.29, 1.82) is 0 Å². The Kier molecular flexibility index (Phi) is 6.22. The van der Waals surface area contributed by atoms with Crippen LogP contribution in [0.3, 0.4) is 0 Å². The zero-order chi connectivity index (χ0) is 19.4. The molecule has 144 valence electrons. The molecule has 3 rings (SSSR count). The molecule has 9 heteroatoms. The summed E-state index contributed by atoms with van der Waals surface area (Å²) < 4.78 is 32.4. The third-order valence-corrected chi connectivity index (χ3v) is 4.66. The largest absolute Gasteiger partial charge is 0.444 e. The lowest BCUT2D eigenvalue weighted by Gasteiger charge is -2.21. The molecule has 1 fully saturated rings. The molecule has 1 N–H and O–H groups in total. The van der Waals surface area contributed by atoms with Crippen LogP contribution < -0.4 is 5.32 Å². The molecule has 0 saturated carbocycles. The number of nitrogens with one attached hydrogen (secondary N) is 1. The lowest BCUT2D eigenvalue weighted by molar-refractivity contribution is -0.117. The Labute approximate surface area is 163 Å². The van der Waals surface area contributed by atoms with Crippen LogP contribution >= 0.6 is 15.9 Å². The molecule has 1 aromatic heterocycles. The maximum atomic E-state index is 13.6. The van der Waals surface area contributed by atoms with Gasteiger partial charge in [-0.1, -0.05) is 0 Å². The summed E-state index contributed by atoms with van der Waals surface area (Å²) >= 11 is 3.18. The minimum atomic E-state index is -0.819. The molecule has 1 aliphatic heterocycles. The van der Waals surface area contributed by atoms with Crippen molar-refractivity contribution in [2.24, 2.45) is 0 Å². The van der Waals surface area contributed by atoms with Gasteiger partial charge in [-0.3, -0.25) is 14.5 Å². The van der Waals surface area contributed by atoms with Crippen molar-refractivity contribution in [2.45, 2.75) is 6.42 Å². The van der Waals surface area contributed by atoms with Gasteiger partial charge in [-0.05, 0) is 46.6 Å². The highest BCUT2D eigenvalue weighted by atomic mass is 79.9. The number of carbonyl (C=O) groups is 2. The first kappa shape index (κ1) is 19.5. The van der Waals surface area contributed by atoms with Crippen molar-refractivity contribution < 1.29 is 22.8 Å². The highest BCUT2D eigenvalue weighted by Gasteiger charge is 2.23. The van der Waals surface area contributed by atoms with Crippen LogP contribution in [-0.4, -0.2) is 54.3 Å². The predicted molar refractivity (Wildman–Crippen MR) is 98.4 cm³/mol. The Balaban J connectivity index is 1.53. The van der Waals surface area contributed by atoms with Gasteiger partial charge in [0, 0.05) is 32.2 Å². The van der Waals surface area contributed by atoms with Gasteiger partial charge in [-0.2, -0.15) is 0 Å². The maximum Gasteiger partial charge on any atom is 0.289 e. The molecule has 0 radical (unpaired) electrons. The van der Waals surface area contributed by atoms with E-state index in [1.165, 1.54) is 6.07 Å². The zero-order valence-corrected chi connectivity index (χ0v) is 16.0. The highest BCUT2D eigenvalue weighted by Crippen LogP contribution is 2.17. The van der Waals surface area contributed by atoms with Gasteiger partial charge in [0.1, 0.15) is 11.6 Å². The van der Waals surface area contributed by atoms with Crippen molar-refractivity contribution >= 4 is 33.4 Å². The third-order valence-electron chi connectivity index (χ3n) is 4.23. The van der Waals surface area contributed by atoms with Gasteiger partial charge in [-0.15, -0.1) is 0 Å². The van der Waals surface area contributed by atoms with Crippen LogP contribution in [-0.2, 0) is 4.79 Å². The molecule has 27 heavy (non-hydrogen) atoms. The first-order valence-corrected chi connectivity index (χ1v) is 9.23. The second-order valence-electron chi connectivity index (χ2n) is 6.20. The molecule has 1 saturated heterocycles. The van der Waals surface area contributed by atoms with Crippen molar-refractivity contribution in [3.63, 3.8) is 0 Å². The van der Waals surface area contributed by atoms with Crippen LogP contribution in [0.1, 0.15) is 17.0 Å². The zero-order valence-electron chi connectivity index (χ0n) is 14.4. The summed E-state index contributed by atoms with van der Waals surface area (Å²) in [6.45, 7) is 2.21. The molecule has 0 unspecified atom stereocenters. The topological polar surface area (TPSA) is 65.8 Å². The van der Waals surface area contributed by atoms with E-state index in [0.717, 1.165) is 12.1 Å². The van der Waals surface area contributed by atoms with E-state index in [9.17, 15) is 18.4 Å². The van der Waals surface area contributed by atoms with Gasteiger partial charge < -0.3 is 14.6 Å². The number of hydrogen-bond acceptors (Lipinski definition) is 4. The van der Waals surface area contributed by atoms with Gasteiger partial charge in [0.15, 0.2) is 10.4 Å². The number of anilines is 1. The second kappa shape index (κ2) is 8.62. The number of carbonyl (C=O) groups excluding carboxylic acids is 2. The monoisotopic (exact) mass is 441 g/mol. The van der Waals surface area contributed by atoms with Crippen LogP contribution in [0.4, 0.5) is 14.5 Å². The Morgan fingerprint density at radius 3 is 2.63 bits per heavy atom. The summed E-state index contributed by atoms with van der Waals surface area (Å²) in [5, 5.41) is 2.44. The smallest absolute Gasteiger partial charge is 0.289 e. The van der Waals surface area contributed by atoms with E-state index in [0.29, 0.717) is 37.3 Å². The lowest BCUT2D eigenvalue weighted by Crippen LogP contribution is -2.38. The fraction of sp³-hybridized carbons (Fsp3) is 0.333. The molecule has 2 aromatic rings. The van der Waals surface area contributed by atoms with Crippen LogP contribution in [0.15, 0.2) is 39.4 Å². The van der Waals surface area contributed by atoms with Gasteiger partial charge in [0.25, 0.3) is 5.91 Å². The van der Waals surface area contributed by atoms with Gasteiger partial charge in [-0.25, -0.2) is 8.78 Å². The van der Waals surface area contributed by atoms with E-state index < -0.39 is 17.5 Å². The minimum Gasteiger partial charge on any atom is -0.444 e. The first-order valence-electron chi connectivity index (χ1n) is 8.44. The number of benzene rings is 1. The van der Waals surface area contributed by atoms with Crippen LogP contribution in [0, 0.1) is 11.6 Å². The number of furan rings is 1. The molecule has 2 amide bonds. The van der Waals surface area contributed by atoms with E-state index in [-0.39, 0.29) is 23.9 Å².